The summed E-state index contributed by atoms with van der Waals surface area (Å²) in [7, 11) is -3.44. The second-order valence-corrected chi connectivity index (χ2v) is 7.85. The van der Waals surface area contributed by atoms with Gasteiger partial charge in [-0.1, -0.05) is 15.9 Å². The summed E-state index contributed by atoms with van der Waals surface area (Å²) in [6, 6.07) is 3.40. The highest BCUT2D eigenvalue weighted by molar-refractivity contribution is 9.11. The molecule has 1 N–H and O–H groups in total. The Kier molecular flexibility index (Phi) is 5.98. The van der Waals surface area contributed by atoms with Crippen molar-refractivity contribution in [1.82, 2.24) is 4.72 Å². The second-order valence-electron chi connectivity index (χ2n) is 3.42. The summed E-state index contributed by atoms with van der Waals surface area (Å²) in [5.41, 5.74) is 0.986. The number of halogens is 2. The highest BCUT2D eigenvalue weighted by atomic mass is 79.9. The summed E-state index contributed by atoms with van der Waals surface area (Å²) in [6.07, 6.45) is 1.94. The van der Waals surface area contributed by atoms with E-state index in [0.29, 0.717) is 11.0 Å². The zero-order chi connectivity index (χ0) is 13.1. The summed E-state index contributed by atoms with van der Waals surface area (Å²) < 4.78 is 28.0. The van der Waals surface area contributed by atoms with Gasteiger partial charge in [0.1, 0.15) is 0 Å². The maximum atomic E-state index is 12.0. The third-order valence-electron chi connectivity index (χ3n) is 2.10. The minimum Gasteiger partial charge on any atom is -0.210 e. The number of benzene rings is 1. The zero-order valence-corrected chi connectivity index (χ0v) is 14.3. The highest BCUT2D eigenvalue weighted by Crippen LogP contribution is 2.28. The summed E-state index contributed by atoms with van der Waals surface area (Å²) in [5, 5.41) is 0. The van der Waals surface area contributed by atoms with Gasteiger partial charge >= 0.3 is 0 Å². The Morgan fingerprint density at radius 3 is 2.53 bits per heavy atom. The van der Waals surface area contributed by atoms with Gasteiger partial charge in [-0.25, -0.2) is 13.1 Å². The van der Waals surface area contributed by atoms with Crippen LogP contribution in [0.1, 0.15) is 5.56 Å². The molecule has 3 nitrogen and oxygen atoms in total. The van der Waals surface area contributed by atoms with E-state index in [4.69, 9.17) is 0 Å². The topological polar surface area (TPSA) is 46.2 Å². The quantitative estimate of drug-likeness (QED) is 0.769. The lowest BCUT2D eigenvalue weighted by molar-refractivity contribution is 0.583. The molecule has 1 rings (SSSR count). The van der Waals surface area contributed by atoms with Gasteiger partial charge < -0.3 is 0 Å². The van der Waals surface area contributed by atoms with Crippen molar-refractivity contribution >= 4 is 53.6 Å². The number of rotatable bonds is 5. The summed E-state index contributed by atoms with van der Waals surface area (Å²) in [4.78, 5) is 0.260. The van der Waals surface area contributed by atoms with Crippen molar-refractivity contribution in [1.29, 1.82) is 0 Å². The third kappa shape index (κ3) is 4.24. The molecule has 0 saturated carbocycles. The lowest BCUT2D eigenvalue weighted by Crippen LogP contribution is -2.26. The molecule has 0 heterocycles. The van der Waals surface area contributed by atoms with E-state index < -0.39 is 10.0 Å². The van der Waals surface area contributed by atoms with Gasteiger partial charge in [-0.05, 0) is 46.8 Å². The molecule has 0 amide bonds. The van der Waals surface area contributed by atoms with Crippen LogP contribution in [0.3, 0.4) is 0 Å². The van der Waals surface area contributed by atoms with Crippen molar-refractivity contribution < 1.29 is 8.42 Å². The summed E-state index contributed by atoms with van der Waals surface area (Å²) >= 11 is 8.22. The Morgan fingerprint density at radius 2 is 1.94 bits per heavy atom. The van der Waals surface area contributed by atoms with Crippen LogP contribution in [-0.2, 0) is 10.0 Å². The lowest BCUT2D eigenvalue weighted by atomic mass is 10.2. The minimum absolute atomic E-state index is 0.260. The molecule has 17 heavy (non-hydrogen) atoms. The average Bonchev–Trinajstić information content (AvgIpc) is 2.23. The number of sulfonamides is 1. The zero-order valence-electron chi connectivity index (χ0n) is 9.46. The van der Waals surface area contributed by atoms with E-state index in [-0.39, 0.29) is 4.90 Å². The smallest absolute Gasteiger partial charge is 0.210 e. The average molecular weight is 403 g/mol. The van der Waals surface area contributed by atoms with Crippen molar-refractivity contribution in [3.8, 4) is 0 Å². The van der Waals surface area contributed by atoms with Gasteiger partial charge in [0.15, 0.2) is 0 Å². The molecule has 0 unspecified atom stereocenters. The Bertz CT molecular complexity index is 503. The van der Waals surface area contributed by atoms with Crippen molar-refractivity contribution in [3.05, 3.63) is 26.6 Å². The molecule has 0 aliphatic rings. The van der Waals surface area contributed by atoms with Crippen LogP contribution in [0, 0.1) is 6.92 Å². The Labute approximate surface area is 123 Å². The van der Waals surface area contributed by atoms with E-state index in [0.717, 1.165) is 15.8 Å². The lowest BCUT2D eigenvalue weighted by Gasteiger charge is -2.09. The maximum absolute atomic E-state index is 12.0. The molecule has 7 heteroatoms. The largest absolute Gasteiger partial charge is 0.241 e. The van der Waals surface area contributed by atoms with Crippen LogP contribution in [0.4, 0.5) is 0 Å². The standard InChI is InChI=1S/C10H13Br2NO2S2/c1-7-5-9(12)10(6-8(7)11)17(14,15)13-3-4-16-2/h5-6,13H,3-4H2,1-2H3. The van der Waals surface area contributed by atoms with E-state index in [9.17, 15) is 8.42 Å². The Morgan fingerprint density at radius 1 is 1.29 bits per heavy atom. The molecule has 0 aliphatic heterocycles. The minimum atomic E-state index is -3.44. The Hall–Kier alpha value is 0.440. The fraction of sp³-hybridized carbons (Fsp3) is 0.400. The van der Waals surface area contributed by atoms with Crippen LogP contribution in [0.25, 0.3) is 0 Å². The van der Waals surface area contributed by atoms with Gasteiger partial charge in [0.2, 0.25) is 10.0 Å². The fourth-order valence-corrected chi connectivity index (χ4v) is 4.33. The molecule has 1 aromatic rings. The highest BCUT2D eigenvalue weighted by Gasteiger charge is 2.18. The van der Waals surface area contributed by atoms with Crippen LogP contribution < -0.4 is 4.72 Å². The van der Waals surface area contributed by atoms with Gasteiger partial charge in [-0.15, -0.1) is 0 Å². The third-order valence-corrected chi connectivity index (χ3v) is 5.99. The molecular weight excluding hydrogens is 390 g/mol. The number of thioether (sulfide) groups is 1. The van der Waals surface area contributed by atoms with Gasteiger partial charge in [-0.2, -0.15) is 11.8 Å². The van der Waals surface area contributed by atoms with E-state index in [2.05, 4.69) is 36.6 Å². The molecule has 1 aromatic carbocycles. The van der Waals surface area contributed by atoms with Crippen molar-refractivity contribution in [3.63, 3.8) is 0 Å². The molecule has 0 aromatic heterocycles. The van der Waals surface area contributed by atoms with Crippen LogP contribution in [0.2, 0.25) is 0 Å². The molecule has 0 spiro atoms. The van der Waals surface area contributed by atoms with Crippen LogP contribution >= 0.6 is 43.6 Å². The van der Waals surface area contributed by atoms with Crippen molar-refractivity contribution in [2.24, 2.45) is 0 Å². The van der Waals surface area contributed by atoms with E-state index >= 15 is 0 Å². The summed E-state index contributed by atoms with van der Waals surface area (Å²) in [5.74, 6) is 0.754. The van der Waals surface area contributed by atoms with Gasteiger partial charge in [0.25, 0.3) is 0 Å². The Balaban J connectivity index is 3.03. The first kappa shape index (κ1) is 15.5. The molecule has 96 valence electrons. The molecular formula is C10H13Br2NO2S2. The molecule has 0 bridgehead atoms. The molecule has 0 fully saturated rings. The predicted molar refractivity (Wildman–Crippen MR) is 80.1 cm³/mol. The van der Waals surface area contributed by atoms with Crippen LogP contribution in [0.15, 0.2) is 26.0 Å². The van der Waals surface area contributed by atoms with Crippen molar-refractivity contribution in [2.75, 3.05) is 18.6 Å². The normalized spacial score (nSPS) is 11.8. The van der Waals surface area contributed by atoms with E-state index in [1.165, 1.54) is 0 Å². The molecule has 0 radical (unpaired) electrons. The summed E-state index contributed by atoms with van der Waals surface area (Å²) in [6.45, 7) is 2.34. The van der Waals surface area contributed by atoms with Crippen molar-refractivity contribution in [2.45, 2.75) is 11.8 Å². The van der Waals surface area contributed by atoms with Gasteiger partial charge in [0, 0.05) is 21.2 Å². The number of hydrogen-bond acceptors (Lipinski definition) is 3. The predicted octanol–water partition coefficient (Wildman–Crippen LogP) is 3.16. The maximum Gasteiger partial charge on any atom is 0.241 e. The second kappa shape index (κ2) is 6.56. The molecule has 0 atom stereocenters. The SMILES string of the molecule is CSCCNS(=O)(=O)c1cc(Br)c(C)cc1Br. The van der Waals surface area contributed by atoms with Gasteiger partial charge in [0.05, 0.1) is 4.90 Å². The number of nitrogens with one attached hydrogen (secondary N) is 1. The van der Waals surface area contributed by atoms with Crippen LogP contribution in [-0.4, -0.2) is 27.0 Å². The van der Waals surface area contributed by atoms with Gasteiger partial charge in [-0.3, -0.25) is 0 Å². The van der Waals surface area contributed by atoms with E-state index in [1.807, 2.05) is 13.2 Å². The number of aryl methyl sites for hydroxylation is 1. The fourth-order valence-electron chi connectivity index (χ4n) is 1.19. The first-order chi connectivity index (χ1) is 7.88. The molecule has 0 saturated heterocycles. The van der Waals surface area contributed by atoms with E-state index in [1.54, 1.807) is 23.9 Å². The monoisotopic (exact) mass is 401 g/mol. The first-order valence-electron chi connectivity index (χ1n) is 4.82. The number of hydrogen-bond donors (Lipinski definition) is 1. The molecule has 0 aliphatic carbocycles. The van der Waals surface area contributed by atoms with Crippen LogP contribution in [0.5, 0.6) is 0 Å². The first-order valence-corrected chi connectivity index (χ1v) is 9.29.